The zero-order valence-electron chi connectivity index (χ0n) is 13.3. The van der Waals surface area contributed by atoms with Gasteiger partial charge in [0.05, 0.1) is 19.5 Å². The number of ether oxygens (including phenoxy) is 2. The molecule has 1 unspecified atom stereocenters. The molecule has 0 radical (unpaired) electrons. The highest BCUT2D eigenvalue weighted by molar-refractivity contribution is 9.10. The first-order valence-electron chi connectivity index (χ1n) is 7.95. The SMILES string of the molecule is Clc1ccccc1C(c1cccc(Br)c1)(C1OCCO1)n1ccnc1. The van der Waals surface area contributed by atoms with Gasteiger partial charge >= 0.3 is 0 Å². The molecule has 25 heavy (non-hydrogen) atoms. The Bertz CT molecular complexity index is 865. The van der Waals surface area contributed by atoms with Crippen LogP contribution in [0.5, 0.6) is 0 Å². The van der Waals surface area contributed by atoms with Gasteiger partial charge in [-0.05, 0) is 23.8 Å². The Morgan fingerprint density at radius 3 is 2.60 bits per heavy atom. The lowest BCUT2D eigenvalue weighted by Crippen LogP contribution is -2.47. The minimum absolute atomic E-state index is 0.518. The summed E-state index contributed by atoms with van der Waals surface area (Å²) in [6, 6.07) is 15.9. The fourth-order valence-electron chi connectivity index (χ4n) is 3.39. The summed E-state index contributed by atoms with van der Waals surface area (Å²) in [7, 11) is 0. The Labute approximate surface area is 159 Å². The molecule has 0 aliphatic carbocycles. The van der Waals surface area contributed by atoms with Gasteiger partial charge in [-0.25, -0.2) is 4.98 Å². The van der Waals surface area contributed by atoms with E-state index >= 15 is 0 Å². The van der Waals surface area contributed by atoms with Crippen LogP contribution in [-0.2, 0) is 15.0 Å². The Hall–Kier alpha value is -1.66. The monoisotopic (exact) mass is 418 g/mol. The highest BCUT2D eigenvalue weighted by atomic mass is 79.9. The van der Waals surface area contributed by atoms with Crippen molar-refractivity contribution < 1.29 is 9.47 Å². The summed E-state index contributed by atoms with van der Waals surface area (Å²) in [5, 5.41) is 0.648. The van der Waals surface area contributed by atoms with E-state index in [-0.39, 0.29) is 0 Å². The van der Waals surface area contributed by atoms with Crippen LogP contribution in [0.1, 0.15) is 11.1 Å². The molecule has 2 aromatic carbocycles. The van der Waals surface area contributed by atoms with E-state index < -0.39 is 11.8 Å². The van der Waals surface area contributed by atoms with Gasteiger partial charge in [-0.2, -0.15) is 0 Å². The molecule has 4 nitrogen and oxygen atoms in total. The molecule has 0 spiro atoms. The van der Waals surface area contributed by atoms with Crippen LogP contribution >= 0.6 is 27.5 Å². The number of hydrogen-bond acceptors (Lipinski definition) is 3. The van der Waals surface area contributed by atoms with E-state index in [0.717, 1.165) is 15.6 Å². The van der Waals surface area contributed by atoms with Gasteiger partial charge in [0.15, 0.2) is 6.29 Å². The lowest BCUT2D eigenvalue weighted by atomic mass is 9.81. The van der Waals surface area contributed by atoms with Gasteiger partial charge in [-0.3, -0.25) is 0 Å². The molecule has 0 amide bonds. The molecule has 1 fully saturated rings. The van der Waals surface area contributed by atoms with Crippen LogP contribution in [0.4, 0.5) is 0 Å². The third-order valence-electron chi connectivity index (χ3n) is 4.42. The average Bonchev–Trinajstić information content (AvgIpc) is 3.32. The first-order valence-corrected chi connectivity index (χ1v) is 9.12. The molecule has 3 aromatic rings. The summed E-state index contributed by atoms with van der Waals surface area (Å²) in [5.74, 6) is 0. The minimum atomic E-state index is -0.783. The zero-order valence-corrected chi connectivity index (χ0v) is 15.7. The van der Waals surface area contributed by atoms with E-state index in [1.165, 1.54) is 0 Å². The molecule has 0 N–H and O–H groups in total. The average molecular weight is 420 g/mol. The number of benzene rings is 2. The molecule has 1 saturated heterocycles. The van der Waals surface area contributed by atoms with Gasteiger partial charge in [0.25, 0.3) is 0 Å². The quantitative estimate of drug-likeness (QED) is 0.626. The fraction of sp³-hybridized carbons (Fsp3) is 0.211. The summed E-state index contributed by atoms with van der Waals surface area (Å²) in [6.45, 7) is 1.08. The second-order valence-corrected chi connectivity index (χ2v) is 7.12. The summed E-state index contributed by atoms with van der Waals surface area (Å²) in [6.07, 6.45) is 4.92. The maximum atomic E-state index is 6.64. The Kier molecular flexibility index (Phi) is 4.65. The van der Waals surface area contributed by atoms with Gasteiger partial charge < -0.3 is 14.0 Å². The Morgan fingerprint density at radius 2 is 1.92 bits per heavy atom. The van der Waals surface area contributed by atoms with Crippen molar-refractivity contribution in [2.24, 2.45) is 0 Å². The van der Waals surface area contributed by atoms with E-state index in [1.807, 2.05) is 47.2 Å². The highest BCUT2D eigenvalue weighted by Crippen LogP contribution is 2.44. The van der Waals surface area contributed by atoms with E-state index in [2.05, 4.69) is 33.0 Å². The third-order valence-corrected chi connectivity index (χ3v) is 5.25. The maximum Gasteiger partial charge on any atom is 0.189 e. The topological polar surface area (TPSA) is 36.3 Å². The second kappa shape index (κ2) is 6.92. The molecule has 128 valence electrons. The smallest absolute Gasteiger partial charge is 0.189 e. The molecule has 4 rings (SSSR count). The van der Waals surface area contributed by atoms with Crippen LogP contribution in [0.3, 0.4) is 0 Å². The van der Waals surface area contributed by atoms with Crippen molar-refractivity contribution in [2.45, 2.75) is 11.8 Å². The maximum absolute atomic E-state index is 6.64. The van der Waals surface area contributed by atoms with Gasteiger partial charge in [-0.1, -0.05) is 57.9 Å². The molecular weight excluding hydrogens is 404 g/mol. The molecule has 1 aromatic heterocycles. The van der Waals surface area contributed by atoms with Crippen LogP contribution in [-0.4, -0.2) is 29.1 Å². The van der Waals surface area contributed by atoms with Crippen molar-refractivity contribution in [1.29, 1.82) is 0 Å². The third kappa shape index (κ3) is 2.81. The van der Waals surface area contributed by atoms with Crippen molar-refractivity contribution in [2.75, 3.05) is 13.2 Å². The molecule has 1 atom stereocenters. The minimum Gasteiger partial charge on any atom is -0.347 e. The van der Waals surface area contributed by atoms with Gasteiger partial charge in [-0.15, -0.1) is 0 Å². The molecular formula is C19H16BrClN2O2. The van der Waals surface area contributed by atoms with Crippen molar-refractivity contribution in [3.63, 3.8) is 0 Å². The first kappa shape index (κ1) is 16.8. The van der Waals surface area contributed by atoms with Crippen molar-refractivity contribution in [3.8, 4) is 0 Å². The molecule has 0 saturated carbocycles. The van der Waals surface area contributed by atoms with E-state index in [0.29, 0.717) is 18.2 Å². The number of imidazole rings is 1. The molecule has 6 heteroatoms. The van der Waals surface area contributed by atoms with Gasteiger partial charge in [0, 0.05) is 27.5 Å². The summed E-state index contributed by atoms with van der Waals surface area (Å²) in [4.78, 5) is 4.26. The van der Waals surface area contributed by atoms with Gasteiger partial charge in [0.2, 0.25) is 0 Å². The molecule has 1 aliphatic heterocycles. The zero-order chi connectivity index (χ0) is 17.3. The molecule has 2 heterocycles. The second-order valence-electron chi connectivity index (χ2n) is 5.80. The standard InChI is InChI=1S/C19H16BrClN2O2/c20-15-5-3-4-14(12-15)19(18-24-10-11-25-18,23-9-8-22-13-23)16-6-1-2-7-17(16)21/h1-9,12-13,18H,10-11H2. The van der Waals surface area contributed by atoms with E-state index in [9.17, 15) is 0 Å². The van der Waals surface area contributed by atoms with E-state index in [1.54, 1.807) is 12.5 Å². The van der Waals surface area contributed by atoms with Crippen LogP contribution in [0, 0.1) is 0 Å². The van der Waals surface area contributed by atoms with Crippen molar-refractivity contribution >= 4 is 27.5 Å². The van der Waals surface area contributed by atoms with E-state index in [4.69, 9.17) is 21.1 Å². The fourth-order valence-corrected chi connectivity index (χ4v) is 4.07. The predicted molar refractivity (Wildman–Crippen MR) is 99.7 cm³/mol. The van der Waals surface area contributed by atoms with Crippen LogP contribution in [0.2, 0.25) is 5.02 Å². The van der Waals surface area contributed by atoms with Crippen LogP contribution in [0.25, 0.3) is 0 Å². The number of aromatic nitrogens is 2. The van der Waals surface area contributed by atoms with Crippen molar-refractivity contribution in [1.82, 2.24) is 9.55 Å². The van der Waals surface area contributed by atoms with Crippen LogP contribution in [0.15, 0.2) is 71.7 Å². The number of halogens is 2. The largest absolute Gasteiger partial charge is 0.347 e. The summed E-state index contributed by atoms with van der Waals surface area (Å²) in [5.41, 5.74) is 1.12. The number of nitrogens with zero attached hydrogens (tertiary/aromatic N) is 2. The van der Waals surface area contributed by atoms with Gasteiger partial charge in [0.1, 0.15) is 5.54 Å². The summed E-state index contributed by atoms with van der Waals surface area (Å²) < 4.78 is 15.0. The first-order chi connectivity index (χ1) is 12.2. The normalized spacial score (nSPS) is 17.5. The van der Waals surface area contributed by atoms with Crippen molar-refractivity contribution in [3.05, 3.63) is 87.9 Å². The lowest BCUT2D eigenvalue weighted by Gasteiger charge is -2.40. The summed E-state index contributed by atoms with van der Waals surface area (Å²) >= 11 is 10.2. The van der Waals surface area contributed by atoms with Crippen LogP contribution < -0.4 is 0 Å². The molecule has 1 aliphatic rings. The highest BCUT2D eigenvalue weighted by Gasteiger charge is 2.48. The Morgan fingerprint density at radius 1 is 1.12 bits per heavy atom. The Balaban J connectivity index is 2.07. The number of hydrogen-bond donors (Lipinski definition) is 0. The number of rotatable bonds is 4. The lowest BCUT2D eigenvalue weighted by molar-refractivity contribution is -0.0958. The molecule has 0 bridgehead atoms. The predicted octanol–water partition coefficient (Wildman–Crippen LogP) is 4.46.